The van der Waals surface area contributed by atoms with E-state index in [4.69, 9.17) is 5.73 Å². The van der Waals surface area contributed by atoms with Crippen molar-refractivity contribution in [3.8, 4) is 0 Å². The van der Waals surface area contributed by atoms with Crippen LogP contribution in [0, 0.1) is 26.2 Å². The van der Waals surface area contributed by atoms with Crippen LogP contribution in [0.1, 0.15) is 43.4 Å². The van der Waals surface area contributed by atoms with Crippen molar-refractivity contribution in [2.45, 2.75) is 59.5 Å². The van der Waals surface area contributed by atoms with Crippen LogP contribution in [0.25, 0.3) is 0 Å². The number of aryl methyl sites for hydroxylation is 3. The number of rotatable bonds is 6. The van der Waals surface area contributed by atoms with Crippen LogP contribution < -0.4 is 16.6 Å². The van der Waals surface area contributed by atoms with Crippen molar-refractivity contribution >= 4 is 21.4 Å². The Morgan fingerprint density at radius 3 is 2.40 bits per heavy atom. The molecule has 0 aliphatic rings. The number of hydrogen-bond donors (Lipinski definition) is 2. The maximum Gasteiger partial charge on any atom is 0.275 e. The van der Waals surface area contributed by atoms with Gasteiger partial charge in [-0.3, -0.25) is 14.6 Å². The van der Waals surface area contributed by atoms with Gasteiger partial charge in [-0.05, 0) is 43.9 Å². The minimum absolute atomic E-state index is 0.141. The van der Waals surface area contributed by atoms with E-state index in [0.29, 0.717) is 5.69 Å². The molecule has 2 aromatic rings. The number of hydrogen-bond acceptors (Lipinski definition) is 6. The molecule has 0 saturated heterocycles. The molecular weight excluding hydrogens is 404 g/mol. The number of nitrogen functional groups attached to an aromatic ring is 1. The predicted octanol–water partition coefficient (Wildman–Crippen LogP) is 1.89. The lowest BCUT2D eigenvalue weighted by Crippen LogP contribution is -2.35. The van der Waals surface area contributed by atoms with Gasteiger partial charge in [0, 0.05) is 23.6 Å². The Balaban J connectivity index is 2.23. The lowest BCUT2D eigenvalue weighted by Gasteiger charge is -2.20. The van der Waals surface area contributed by atoms with Gasteiger partial charge in [-0.2, -0.15) is 0 Å². The Bertz CT molecular complexity index is 1130. The van der Waals surface area contributed by atoms with E-state index in [0.717, 1.165) is 17.0 Å². The number of carbonyl (C=O) groups excluding carboxylic acids is 1. The third kappa shape index (κ3) is 5.69. The number of sulfone groups is 1. The Hall–Kier alpha value is -2.68. The number of pyridine rings is 2. The van der Waals surface area contributed by atoms with Gasteiger partial charge in [0.2, 0.25) is 5.91 Å². The van der Waals surface area contributed by atoms with E-state index in [-0.39, 0.29) is 35.3 Å². The second-order valence-corrected chi connectivity index (χ2v) is 10.7. The second kappa shape index (κ2) is 8.59. The number of nitrogens with zero attached hydrogens (tertiary/aromatic N) is 2. The molecule has 0 spiro atoms. The van der Waals surface area contributed by atoms with Crippen molar-refractivity contribution in [1.82, 2.24) is 14.9 Å². The summed E-state index contributed by atoms with van der Waals surface area (Å²) in [6.07, 6.45) is 0. The number of nitrogens with one attached hydrogen (secondary N) is 1. The maximum absolute atomic E-state index is 12.7. The molecule has 0 saturated carbocycles. The van der Waals surface area contributed by atoms with E-state index < -0.39 is 20.8 Å². The molecule has 3 N–H and O–H groups in total. The smallest absolute Gasteiger partial charge is 0.275 e. The number of anilines is 1. The standard InChI is InChI=1S/C21H30N4O4S/c1-13-7-8-16(15(3)24-13)10-23-18(26)11-25-14(2)9-17(19(22)20(25)27)30(28,29)12-21(4,5)6/h7-9H,10-12,22H2,1-6H3,(H,23,26). The first-order valence-corrected chi connectivity index (χ1v) is 11.3. The molecule has 2 aromatic heterocycles. The lowest BCUT2D eigenvalue weighted by atomic mass is 10.0. The van der Waals surface area contributed by atoms with E-state index in [1.54, 1.807) is 27.7 Å². The molecule has 0 atom stereocenters. The average Bonchev–Trinajstić information content (AvgIpc) is 2.58. The fourth-order valence-electron chi connectivity index (χ4n) is 3.15. The van der Waals surface area contributed by atoms with Gasteiger partial charge in [-0.15, -0.1) is 0 Å². The molecule has 0 unspecified atom stereocenters. The van der Waals surface area contributed by atoms with E-state index in [2.05, 4.69) is 10.3 Å². The van der Waals surface area contributed by atoms with Crippen LogP contribution >= 0.6 is 0 Å². The highest BCUT2D eigenvalue weighted by atomic mass is 32.2. The van der Waals surface area contributed by atoms with Gasteiger partial charge in [0.25, 0.3) is 5.56 Å². The van der Waals surface area contributed by atoms with E-state index in [1.807, 2.05) is 26.0 Å². The Morgan fingerprint density at radius 2 is 1.83 bits per heavy atom. The largest absolute Gasteiger partial charge is 0.393 e. The first-order valence-electron chi connectivity index (χ1n) is 9.64. The van der Waals surface area contributed by atoms with E-state index in [9.17, 15) is 18.0 Å². The first kappa shape index (κ1) is 23.6. The Morgan fingerprint density at radius 1 is 1.20 bits per heavy atom. The summed E-state index contributed by atoms with van der Waals surface area (Å²) < 4.78 is 26.6. The molecule has 30 heavy (non-hydrogen) atoms. The number of aromatic nitrogens is 2. The summed E-state index contributed by atoms with van der Waals surface area (Å²) in [5.74, 6) is -0.526. The van der Waals surface area contributed by atoms with Gasteiger partial charge in [-0.25, -0.2) is 8.42 Å². The topological polar surface area (TPSA) is 124 Å². The van der Waals surface area contributed by atoms with Crippen LogP contribution in [-0.2, 0) is 27.7 Å². The van der Waals surface area contributed by atoms with Crippen molar-refractivity contribution in [2.24, 2.45) is 5.41 Å². The monoisotopic (exact) mass is 434 g/mol. The average molecular weight is 435 g/mol. The fraction of sp³-hybridized carbons (Fsp3) is 0.476. The summed E-state index contributed by atoms with van der Waals surface area (Å²) in [6.45, 7) is 10.7. The van der Waals surface area contributed by atoms with E-state index in [1.165, 1.54) is 10.6 Å². The zero-order chi connectivity index (χ0) is 22.9. The zero-order valence-electron chi connectivity index (χ0n) is 18.4. The predicted molar refractivity (Wildman–Crippen MR) is 117 cm³/mol. The lowest BCUT2D eigenvalue weighted by molar-refractivity contribution is -0.121. The molecule has 0 bridgehead atoms. The highest BCUT2D eigenvalue weighted by molar-refractivity contribution is 7.91. The van der Waals surface area contributed by atoms with Crippen LogP contribution in [0.4, 0.5) is 5.69 Å². The zero-order valence-corrected chi connectivity index (χ0v) is 19.2. The van der Waals surface area contributed by atoms with Gasteiger partial charge < -0.3 is 15.6 Å². The molecule has 0 aliphatic carbocycles. The minimum atomic E-state index is -3.74. The number of nitrogens with two attached hydrogens (primary N) is 1. The normalized spacial score (nSPS) is 12.1. The van der Waals surface area contributed by atoms with E-state index >= 15 is 0 Å². The summed E-state index contributed by atoms with van der Waals surface area (Å²) in [4.78, 5) is 29.3. The summed E-state index contributed by atoms with van der Waals surface area (Å²) in [7, 11) is -3.74. The molecule has 8 nitrogen and oxygen atoms in total. The first-order chi connectivity index (χ1) is 13.7. The van der Waals surface area contributed by atoms with Crippen molar-refractivity contribution in [2.75, 3.05) is 11.5 Å². The summed E-state index contributed by atoms with van der Waals surface area (Å²) in [6, 6.07) is 5.11. The SMILES string of the molecule is Cc1ccc(CNC(=O)Cn2c(C)cc(S(=O)(=O)CC(C)(C)C)c(N)c2=O)c(C)n1. The molecule has 2 rings (SSSR count). The molecular formula is C21H30N4O4S. The summed E-state index contributed by atoms with van der Waals surface area (Å²) in [5.41, 5.74) is 7.28. The van der Waals surface area contributed by atoms with Crippen molar-refractivity contribution < 1.29 is 13.2 Å². The molecule has 0 aliphatic heterocycles. The number of amides is 1. The highest BCUT2D eigenvalue weighted by Gasteiger charge is 2.27. The summed E-state index contributed by atoms with van der Waals surface area (Å²) >= 11 is 0. The maximum atomic E-state index is 12.7. The fourth-order valence-corrected chi connectivity index (χ4v) is 5.22. The van der Waals surface area contributed by atoms with Gasteiger partial charge in [0.05, 0.1) is 10.6 Å². The van der Waals surface area contributed by atoms with Crippen LogP contribution in [0.2, 0.25) is 0 Å². The second-order valence-electron chi connectivity index (χ2n) is 8.75. The van der Waals surface area contributed by atoms with Gasteiger partial charge in [0.15, 0.2) is 9.84 Å². The van der Waals surface area contributed by atoms with Crippen LogP contribution in [0.5, 0.6) is 0 Å². The quantitative estimate of drug-likeness (QED) is 0.715. The number of carbonyl (C=O) groups is 1. The van der Waals surface area contributed by atoms with Crippen molar-refractivity contribution in [3.05, 3.63) is 51.2 Å². The third-order valence-electron chi connectivity index (χ3n) is 4.58. The van der Waals surface area contributed by atoms with Gasteiger partial charge in [0.1, 0.15) is 12.2 Å². The summed E-state index contributed by atoms with van der Waals surface area (Å²) in [5, 5.41) is 2.76. The molecule has 0 aromatic carbocycles. The van der Waals surface area contributed by atoms with Crippen molar-refractivity contribution in [1.29, 1.82) is 0 Å². The molecule has 164 valence electrons. The molecule has 1 amide bonds. The molecule has 2 heterocycles. The molecule has 0 fully saturated rings. The Labute approximate surface area is 177 Å². The van der Waals surface area contributed by atoms with Gasteiger partial charge in [-0.1, -0.05) is 26.8 Å². The van der Waals surface area contributed by atoms with Crippen LogP contribution in [-0.4, -0.2) is 29.6 Å². The molecule has 9 heteroatoms. The van der Waals surface area contributed by atoms with Crippen molar-refractivity contribution in [3.63, 3.8) is 0 Å². The van der Waals surface area contributed by atoms with Gasteiger partial charge >= 0.3 is 0 Å². The third-order valence-corrected chi connectivity index (χ3v) is 6.83. The minimum Gasteiger partial charge on any atom is -0.393 e. The molecule has 0 radical (unpaired) electrons. The highest BCUT2D eigenvalue weighted by Crippen LogP contribution is 2.25. The van der Waals surface area contributed by atoms with Crippen LogP contribution in [0.3, 0.4) is 0 Å². The Kier molecular flexibility index (Phi) is 6.76. The van der Waals surface area contributed by atoms with Crippen LogP contribution in [0.15, 0.2) is 27.9 Å².